The van der Waals surface area contributed by atoms with Gasteiger partial charge in [-0.2, -0.15) is 0 Å². The summed E-state index contributed by atoms with van der Waals surface area (Å²) in [4.78, 5) is 68.3. The van der Waals surface area contributed by atoms with Crippen LogP contribution in [0.5, 0.6) is 0 Å². The number of carbonyl (C=O) groups is 5. The summed E-state index contributed by atoms with van der Waals surface area (Å²) in [6, 6.07) is 12.5. The molecule has 3 amide bonds. The van der Waals surface area contributed by atoms with Gasteiger partial charge < -0.3 is 9.47 Å². The molecule has 0 saturated carbocycles. The summed E-state index contributed by atoms with van der Waals surface area (Å²) in [6.07, 6.45) is 1.31. The molecule has 0 radical (unpaired) electrons. The number of hydrogen-bond acceptors (Lipinski definition) is 9. The maximum atomic E-state index is 13.8. The van der Waals surface area contributed by atoms with Crippen molar-refractivity contribution in [1.82, 2.24) is 10.2 Å². The molecule has 42 heavy (non-hydrogen) atoms. The predicted octanol–water partition coefficient (Wildman–Crippen LogP) is 3.82. The summed E-state index contributed by atoms with van der Waals surface area (Å²) < 4.78 is 10.8. The fraction of sp³-hybridized carbons (Fsp3) is 0.452. The van der Waals surface area contributed by atoms with Gasteiger partial charge in [0, 0.05) is 17.2 Å². The quantitative estimate of drug-likeness (QED) is 0.235. The lowest BCUT2D eigenvalue weighted by atomic mass is 10.1. The van der Waals surface area contributed by atoms with Gasteiger partial charge in [0.25, 0.3) is 11.8 Å². The van der Waals surface area contributed by atoms with Gasteiger partial charge in [0.15, 0.2) is 0 Å². The van der Waals surface area contributed by atoms with E-state index in [0.717, 1.165) is 4.90 Å². The van der Waals surface area contributed by atoms with Crippen molar-refractivity contribution in [3.8, 4) is 0 Å². The Morgan fingerprint density at radius 3 is 2.26 bits per heavy atom. The Morgan fingerprint density at radius 1 is 0.976 bits per heavy atom. The number of imide groups is 1. The highest BCUT2D eigenvalue weighted by Crippen LogP contribution is 2.34. The summed E-state index contributed by atoms with van der Waals surface area (Å²) in [6.45, 7) is 7.14. The number of thioether (sulfide) groups is 1. The summed E-state index contributed by atoms with van der Waals surface area (Å²) >= 11 is 1.46. The molecule has 224 valence electrons. The number of fused-ring (bicyclic) bond motifs is 2. The third kappa shape index (κ3) is 7.38. The Hall–Kier alpha value is -3.70. The molecule has 2 aromatic carbocycles. The van der Waals surface area contributed by atoms with Crippen molar-refractivity contribution in [1.29, 1.82) is 0 Å². The molecule has 0 fully saturated rings. The Morgan fingerprint density at radius 2 is 1.62 bits per heavy atom. The lowest BCUT2D eigenvalue weighted by Crippen LogP contribution is -2.54. The fourth-order valence-corrected chi connectivity index (χ4v) is 6.04. The van der Waals surface area contributed by atoms with Gasteiger partial charge in [-0.3, -0.25) is 39.1 Å². The second-order valence-corrected chi connectivity index (χ2v) is 12.2. The molecular weight excluding hydrogens is 558 g/mol. The van der Waals surface area contributed by atoms with E-state index in [0.29, 0.717) is 41.8 Å². The van der Waals surface area contributed by atoms with E-state index in [1.54, 1.807) is 64.1 Å². The predicted molar refractivity (Wildman–Crippen MR) is 158 cm³/mol. The van der Waals surface area contributed by atoms with Crippen LogP contribution in [0.4, 0.5) is 5.69 Å². The molecule has 1 N–H and O–H groups in total. The van der Waals surface area contributed by atoms with E-state index in [9.17, 15) is 24.0 Å². The second kappa shape index (κ2) is 13.5. The Kier molecular flexibility index (Phi) is 10.1. The minimum atomic E-state index is -0.800. The Labute approximate surface area is 250 Å². The van der Waals surface area contributed by atoms with Gasteiger partial charge in [-0.25, -0.2) is 0 Å². The molecule has 2 heterocycles. The van der Waals surface area contributed by atoms with Gasteiger partial charge in [0.1, 0.15) is 18.2 Å². The van der Waals surface area contributed by atoms with Crippen LogP contribution in [0.15, 0.2) is 53.4 Å². The molecule has 0 aromatic heterocycles. The number of carbonyl (C=O) groups excluding carboxylic acids is 5. The number of nitrogens with one attached hydrogen (secondary N) is 1. The van der Waals surface area contributed by atoms with Crippen molar-refractivity contribution < 1.29 is 33.4 Å². The van der Waals surface area contributed by atoms with Crippen LogP contribution in [0, 0.1) is 0 Å². The third-order valence-electron chi connectivity index (χ3n) is 6.81. The number of unbranched alkanes of at least 4 members (excludes halogenated alkanes) is 1. The standard InChI is InChI=1S/C31H37N3O7S/c1-5-40-30(39)22(14-10-11-17-33-27(36)20-12-6-7-13-21(20)28(33)37)32-23-19-42-25-16-9-8-15-24(25)34(29(23)38)18-26(35)41-31(2,3)4/h6-9,12-13,15-16,22-23,32H,5,10-11,14,17-19H2,1-4H3/t22-,23-/m0/s1. The number of benzene rings is 2. The Balaban J connectivity index is 1.43. The van der Waals surface area contributed by atoms with E-state index < -0.39 is 29.6 Å². The average Bonchev–Trinajstić information content (AvgIpc) is 3.10. The van der Waals surface area contributed by atoms with Crippen LogP contribution in [-0.4, -0.2) is 77.7 Å². The van der Waals surface area contributed by atoms with E-state index in [2.05, 4.69) is 5.32 Å². The van der Waals surface area contributed by atoms with Crippen molar-refractivity contribution in [2.45, 2.75) is 69.5 Å². The van der Waals surface area contributed by atoms with Crippen molar-refractivity contribution in [2.24, 2.45) is 0 Å². The summed E-state index contributed by atoms with van der Waals surface area (Å²) in [5.74, 6) is -1.67. The zero-order chi connectivity index (χ0) is 30.4. The lowest BCUT2D eigenvalue weighted by Gasteiger charge is -2.28. The number of rotatable bonds is 11. The minimum absolute atomic E-state index is 0.176. The highest BCUT2D eigenvalue weighted by Gasteiger charge is 2.37. The number of anilines is 1. The highest BCUT2D eigenvalue weighted by molar-refractivity contribution is 7.99. The summed E-state index contributed by atoms with van der Waals surface area (Å²) in [7, 11) is 0. The van der Waals surface area contributed by atoms with E-state index in [1.165, 1.54) is 21.6 Å². The topological polar surface area (TPSA) is 122 Å². The number of esters is 2. The minimum Gasteiger partial charge on any atom is -0.465 e. The van der Waals surface area contributed by atoms with Crippen molar-refractivity contribution in [3.63, 3.8) is 0 Å². The van der Waals surface area contributed by atoms with Crippen LogP contribution in [0.25, 0.3) is 0 Å². The fourth-order valence-electron chi connectivity index (χ4n) is 4.95. The first-order valence-corrected chi connectivity index (χ1v) is 15.1. The van der Waals surface area contributed by atoms with E-state index in [1.807, 2.05) is 12.1 Å². The summed E-state index contributed by atoms with van der Waals surface area (Å²) in [5.41, 5.74) is 0.695. The smallest absolute Gasteiger partial charge is 0.326 e. The molecule has 0 saturated heterocycles. The van der Waals surface area contributed by atoms with Gasteiger partial charge >= 0.3 is 11.9 Å². The molecule has 2 aromatic rings. The number of ether oxygens (including phenoxy) is 2. The van der Waals surface area contributed by atoms with Gasteiger partial charge in [0.05, 0.1) is 29.5 Å². The number of amides is 3. The van der Waals surface area contributed by atoms with Gasteiger partial charge in [-0.15, -0.1) is 11.8 Å². The van der Waals surface area contributed by atoms with E-state index in [-0.39, 0.29) is 37.4 Å². The molecular formula is C31H37N3O7S. The van der Waals surface area contributed by atoms with E-state index >= 15 is 0 Å². The maximum absolute atomic E-state index is 13.8. The van der Waals surface area contributed by atoms with Gasteiger partial charge in [0.2, 0.25) is 5.91 Å². The van der Waals surface area contributed by atoms with Crippen LogP contribution < -0.4 is 10.2 Å². The second-order valence-electron chi connectivity index (χ2n) is 11.1. The molecule has 0 bridgehead atoms. The maximum Gasteiger partial charge on any atom is 0.326 e. The first-order chi connectivity index (χ1) is 20.0. The third-order valence-corrected chi connectivity index (χ3v) is 7.97. The number of nitrogens with zero attached hydrogens (tertiary/aromatic N) is 2. The van der Waals surface area contributed by atoms with Crippen LogP contribution in [-0.2, 0) is 23.9 Å². The molecule has 10 nitrogen and oxygen atoms in total. The monoisotopic (exact) mass is 595 g/mol. The molecule has 0 unspecified atom stereocenters. The summed E-state index contributed by atoms with van der Waals surface area (Å²) in [5, 5.41) is 3.19. The Bertz CT molecular complexity index is 1320. The molecule has 2 aliphatic heterocycles. The SMILES string of the molecule is CCOC(=O)[C@H](CCCCN1C(=O)c2ccccc2C1=O)N[C@H]1CSc2ccccc2N(CC(=O)OC(C)(C)C)C1=O. The molecule has 2 aliphatic rings. The van der Waals surface area contributed by atoms with Crippen LogP contribution in [0.3, 0.4) is 0 Å². The average molecular weight is 596 g/mol. The molecule has 4 rings (SSSR count). The van der Waals surface area contributed by atoms with Crippen molar-refractivity contribution >= 4 is 47.1 Å². The van der Waals surface area contributed by atoms with Gasteiger partial charge in [-0.1, -0.05) is 24.3 Å². The first kappa shape index (κ1) is 31.2. The lowest BCUT2D eigenvalue weighted by molar-refractivity contribution is -0.154. The molecule has 0 aliphatic carbocycles. The van der Waals surface area contributed by atoms with Crippen LogP contribution >= 0.6 is 11.8 Å². The van der Waals surface area contributed by atoms with Crippen molar-refractivity contribution in [3.05, 3.63) is 59.7 Å². The number of para-hydroxylation sites is 1. The number of hydrogen-bond donors (Lipinski definition) is 1. The van der Waals surface area contributed by atoms with Crippen LogP contribution in [0.2, 0.25) is 0 Å². The van der Waals surface area contributed by atoms with Crippen molar-refractivity contribution in [2.75, 3.05) is 30.3 Å². The van der Waals surface area contributed by atoms with Crippen LogP contribution in [0.1, 0.15) is 67.7 Å². The highest BCUT2D eigenvalue weighted by atomic mass is 32.2. The zero-order valence-electron chi connectivity index (χ0n) is 24.4. The molecule has 2 atom stereocenters. The zero-order valence-corrected chi connectivity index (χ0v) is 25.2. The first-order valence-electron chi connectivity index (χ1n) is 14.1. The van der Waals surface area contributed by atoms with Gasteiger partial charge in [-0.05, 0) is 71.2 Å². The normalized spacial score (nSPS) is 17.4. The van der Waals surface area contributed by atoms with E-state index in [4.69, 9.17) is 9.47 Å². The molecule has 11 heteroatoms. The molecule has 0 spiro atoms. The largest absolute Gasteiger partial charge is 0.465 e.